The van der Waals surface area contributed by atoms with Crippen molar-refractivity contribution >= 4 is 0 Å². The fourth-order valence-corrected chi connectivity index (χ4v) is 2.01. The van der Waals surface area contributed by atoms with Gasteiger partial charge in [0.25, 0.3) is 0 Å². The molecule has 102 valence electrons. The number of hydrogen-bond donors (Lipinski definition) is 0. The topological polar surface area (TPSA) is 3.24 Å². The highest BCUT2D eigenvalue weighted by molar-refractivity contribution is 5.27. The van der Waals surface area contributed by atoms with E-state index in [1.807, 2.05) is 13.0 Å². The average Bonchev–Trinajstić information content (AvgIpc) is 2.51. The Balaban J connectivity index is 3.11. The van der Waals surface area contributed by atoms with Crippen LogP contribution in [0.2, 0.25) is 0 Å². The van der Waals surface area contributed by atoms with Gasteiger partial charge in [0.05, 0.1) is 0 Å². The molecule has 0 bridgehead atoms. The monoisotopic (exact) mass is 255 g/mol. The molecule has 19 heavy (non-hydrogen) atoms. The SMILES string of the molecule is C=CC1=CN(C(=CC=CC)CC)CC=CC=CC1C. The van der Waals surface area contributed by atoms with E-state index in [0.29, 0.717) is 5.92 Å². The standard InChI is InChI=1S/C18H25N/c1-5-8-13-18(7-3)19-14-11-9-10-12-16(4)17(6-2)15-19/h5-6,8-13,15-16H,2,7,14H2,1,3-4H3. The number of allylic oxidation sites excluding steroid dienone is 9. The summed E-state index contributed by atoms with van der Waals surface area (Å²) in [5.74, 6) is 0.391. The highest BCUT2D eigenvalue weighted by Gasteiger charge is 2.08. The second-order valence-corrected chi connectivity index (χ2v) is 4.62. The van der Waals surface area contributed by atoms with E-state index in [1.54, 1.807) is 0 Å². The Hall–Kier alpha value is -1.76. The summed E-state index contributed by atoms with van der Waals surface area (Å²) < 4.78 is 0. The molecule has 1 nitrogen and oxygen atoms in total. The molecule has 0 fully saturated rings. The fourth-order valence-electron chi connectivity index (χ4n) is 2.01. The van der Waals surface area contributed by atoms with Gasteiger partial charge in [0.2, 0.25) is 0 Å². The summed E-state index contributed by atoms with van der Waals surface area (Å²) in [6.07, 6.45) is 20.1. The molecule has 0 aliphatic carbocycles. The van der Waals surface area contributed by atoms with Crippen LogP contribution in [0.5, 0.6) is 0 Å². The maximum atomic E-state index is 3.94. The summed E-state index contributed by atoms with van der Waals surface area (Å²) in [5, 5.41) is 0. The number of rotatable bonds is 4. The minimum atomic E-state index is 0.391. The second kappa shape index (κ2) is 8.36. The van der Waals surface area contributed by atoms with Crippen molar-refractivity contribution in [2.75, 3.05) is 6.54 Å². The van der Waals surface area contributed by atoms with E-state index in [4.69, 9.17) is 0 Å². The third-order valence-corrected chi connectivity index (χ3v) is 3.23. The Labute approximate surface area is 118 Å². The van der Waals surface area contributed by atoms with Crippen molar-refractivity contribution in [2.45, 2.75) is 27.2 Å². The van der Waals surface area contributed by atoms with Gasteiger partial charge in [0.15, 0.2) is 0 Å². The van der Waals surface area contributed by atoms with Gasteiger partial charge in [-0.2, -0.15) is 0 Å². The van der Waals surface area contributed by atoms with E-state index in [-0.39, 0.29) is 0 Å². The quantitative estimate of drug-likeness (QED) is 0.640. The molecule has 0 N–H and O–H groups in total. The highest BCUT2D eigenvalue weighted by Crippen LogP contribution is 2.19. The van der Waals surface area contributed by atoms with Gasteiger partial charge in [-0.1, -0.05) is 63.0 Å². The Kier molecular flexibility index (Phi) is 6.73. The Bertz CT molecular complexity index is 433. The van der Waals surface area contributed by atoms with Gasteiger partial charge in [-0.25, -0.2) is 0 Å². The van der Waals surface area contributed by atoms with Crippen molar-refractivity contribution in [3.8, 4) is 0 Å². The van der Waals surface area contributed by atoms with Crippen LogP contribution in [-0.4, -0.2) is 11.4 Å². The summed E-state index contributed by atoms with van der Waals surface area (Å²) >= 11 is 0. The van der Waals surface area contributed by atoms with Crippen LogP contribution >= 0.6 is 0 Å². The molecule has 1 rings (SSSR count). The minimum Gasteiger partial charge on any atom is -0.347 e. The van der Waals surface area contributed by atoms with Gasteiger partial charge in [-0.05, 0) is 25.0 Å². The van der Waals surface area contributed by atoms with Crippen LogP contribution in [0.25, 0.3) is 0 Å². The lowest BCUT2D eigenvalue weighted by atomic mass is 10.0. The zero-order valence-electron chi connectivity index (χ0n) is 12.3. The molecule has 1 heterocycles. The molecule has 0 spiro atoms. The molecule has 0 saturated carbocycles. The van der Waals surface area contributed by atoms with E-state index in [2.05, 4.69) is 74.1 Å². The maximum absolute atomic E-state index is 3.94. The smallest absolute Gasteiger partial charge is 0.0406 e. The molecule has 1 unspecified atom stereocenters. The molecule has 1 heteroatoms. The molecule has 0 saturated heterocycles. The van der Waals surface area contributed by atoms with Crippen molar-refractivity contribution in [1.29, 1.82) is 0 Å². The van der Waals surface area contributed by atoms with Gasteiger partial charge in [0, 0.05) is 24.4 Å². The molecule has 0 aromatic heterocycles. The van der Waals surface area contributed by atoms with Crippen molar-refractivity contribution in [1.82, 2.24) is 4.90 Å². The van der Waals surface area contributed by atoms with Crippen LogP contribution in [0, 0.1) is 5.92 Å². The summed E-state index contributed by atoms with van der Waals surface area (Å²) in [7, 11) is 0. The Morgan fingerprint density at radius 3 is 2.89 bits per heavy atom. The first kappa shape index (κ1) is 15.3. The fraction of sp³-hybridized carbons (Fsp3) is 0.333. The zero-order chi connectivity index (χ0) is 14.1. The second-order valence-electron chi connectivity index (χ2n) is 4.62. The van der Waals surface area contributed by atoms with E-state index in [0.717, 1.165) is 13.0 Å². The van der Waals surface area contributed by atoms with Crippen molar-refractivity contribution in [3.05, 3.63) is 72.7 Å². The zero-order valence-corrected chi connectivity index (χ0v) is 12.3. The lowest BCUT2D eigenvalue weighted by Crippen LogP contribution is -2.17. The van der Waals surface area contributed by atoms with Gasteiger partial charge >= 0.3 is 0 Å². The third-order valence-electron chi connectivity index (χ3n) is 3.23. The van der Waals surface area contributed by atoms with Gasteiger partial charge in [0.1, 0.15) is 0 Å². The molecular weight excluding hydrogens is 230 g/mol. The molecule has 0 amide bonds. The lowest BCUT2D eigenvalue weighted by Gasteiger charge is -2.23. The summed E-state index contributed by atoms with van der Waals surface area (Å²) in [4.78, 5) is 2.30. The van der Waals surface area contributed by atoms with Crippen LogP contribution < -0.4 is 0 Å². The van der Waals surface area contributed by atoms with Crippen LogP contribution in [0.3, 0.4) is 0 Å². The van der Waals surface area contributed by atoms with Crippen molar-refractivity contribution in [2.24, 2.45) is 5.92 Å². The first-order valence-electron chi connectivity index (χ1n) is 6.98. The Morgan fingerprint density at radius 2 is 2.26 bits per heavy atom. The van der Waals surface area contributed by atoms with E-state index >= 15 is 0 Å². The molecule has 0 aromatic carbocycles. The van der Waals surface area contributed by atoms with Crippen molar-refractivity contribution < 1.29 is 0 Å². The highest BCUT2D eigenvalue weighted by atomic mass is 15.1. The van der Waals surface area contributed by atoms with E-state index < -0.39 is 0 Å². The van der Waals surface area contributed by atoms with Crippen LogP contribution in [-0.2, 0) is 0 Å². The largest absolute Gasteiger partial charge is 0.347 e. The maximum Gasteiger partial charge on any atom is 0.0406 e. The van der Waals surface area contributed by atoms with Crippen molar-refractivity contribution in [3.63, 3.8) is 0 Å². The summed E-state index contributed by atoms with van der Waals surface area (Å²) in [5.41, 5.74) is 2.57. The molecule has 1 aliphatic rings. The first-order valence-corrected chi connectivity index (χ1v) is 6.98. The molecule has 1 atom stereocenters. The van der Waals surface area contributed by atoms with Gasteiger partial charge in [-0.3, -0.25) is 0 Å². The predicted octanol–water partition coefficient (Wildman–Crippen LogP) is 4.99. The predicted molar refractivity (Wildman–Crippen MR) is 85.6 cm³/mol. The minimum absolute atomic E-state index is 0.391. The lowest BCUT2D eigenvalue weighted by molar-refractivity contribution is 0.492. The first-order chi connectivity index (χ1) is 9.22. The summed E-state index contributed by atoms with van der Waals surface area (Å²) in [6.45, 7) is 11.3. The molecule has 0 aromatic rings. The average molecular weight is 255 g/mol. The van der Waals surface area contributed by atoms with Gasteiger partial charge < -0.3 is 4.90 Å². The number of nitrogens with zero attached hydrogens (tertiary/aromatic N) is 1. The van der Waals surface area contributed by atoms with E-state index in [1.165, 1.54) is 11.3 Å². The number of hydrogen-bond acceptors (Lipinski definition) is 1. The third kappa shape index (κ3) is 4.78. The van der Waals surface area contributed by atoms with Crippen LogP contribution in [0.15, 0.2) is 72.7 Å². The van der Waals surface area contributed by atoms with E-state index in [9.17, 15) is 0 Å². The Morgan fingerprint density at radius 1 is 1.47 bits per heavy atom. The normalized spacial score (nSPS) is 21.0. The molecule has 0 radical (unpaired) electrons. The molecule has 1 aliphatic heterocycles. The van der Waals surface area contributed by atoms with Crippen LogP contribution in [0.1, 0.15) is 27.2 Å². The summed E-state index contributed by atoms with van der Waals surface area (Å²) in [6, 6.07) is 0. The van der Waals surface area contributed by atoms with Crippen LogP contribution in [0.4, 0.5) is 0 Å². The van der Waals surface area contributed by atoms with Gasteiger partial charge in [-0.15, -0.1) is 0 Å². The molecular formula is C18H25N.